The highest BCUT2D eigenvalue weighted by atomic mass is 32.2. The molecule has 0 aromatic heterocycles. The van der Waals surface area contributed by atoms with Crippen LogP contribution < -0.4 is 5.32 Å². The number of hydrogen-bond acceptors (Lipinski definition) is 5. The van der Waals surface area contributed by atoms with E-state index in [0.717, 1.165) is 38.5 Å². The van der Waals surface area contributed by atoms with Crippen LogP contribution in [0, 0.1) is 12.7 Å². The van der Waals surface area contributed by atoms with E-state index < -0.39 is 15.8 Å². The lowest BCUT2D eigenvalue weighted by molar-refractivity contribution is 0.0350. The number of morpholine rings is 1. The van der Waals surface area contributed by atoms with Gasteiger partial charge in [0, 0.05) is 38.8 Å². The van der Waals surface area contributed by atoms with Crippen molar-refractivity contribution in [2.45, 2.75) is 30.7 Å². The molecular formula is C18H28FN3O3S. The average Bonchev–Trinajstić information content (AvgIpc) is 2.65. The monoisotopic (exact) mass is 385 g/mol. The summed E-state index contributed by atoms with van der Waals surface area (Å²) < 4.78 is 47.4. The first-order valence-electron chi connectivity index (χ1n) is 9.27. The molecule has 2 fully saturated rings. The van der Waals surface area contributed by atoms with E-state index in [1.54, 1.807) is 11.2 Å². The Kier molecular flexibility index (Phi) is 6.63. The minimum atomic E-state index is -3.75. The predicted molar refractivity (Wildman–Crippen MR) is 98.2 cm³/mol. The summed E-state index contributed by atoms with van der Waals surface area (Å²) in [4.78, 5) is 2.26. The fraction of sp³-hybridized carbons (Fsp3) is 0.667. The molecular weight excluding hydrogens is 357 g/mol. The molecule has 1 N–H and O–H groups in total. The zero-order valence-electron chi connectivity index (χ0n) is 15.3. The number of nitrogens with zero attached hydrogens (tertiary/aromatic N) is 2. The molecule has 0 saturated carbocycles. The topological polar surface area (TPSA) is 61.9 Å². The van der Waals surface area contributed by atoms with Crippen LogP contribution in [-0.4, -0.2) is 76.1 Å². The average molecular weight is 386 g/mol. The minimum absolute atomic E-state index is 0.0353. The van der Waals surface area contributed by atoms with Crippen LogP contribution in [0.4, 0.5) is 4.39 Å². The first-order valence-corrected chi connectivity index (χ1v) is 10.7. The molecule has 1 unspecified atom stereocenters. The smallest absolute Gasteiger partial charge is 0.243 e. The summed E-state index contributed by atoms with van der Waals surface area (Å²) in [5, 5.41) is 3.28. The summed E-state index contributed by atoms with van der Waals surface area (Å²) >= 11 is 0. The summed E-state index contributed by atoms with van der Waals surface area (Å²) in [7, 11) is -3.75. The van der Waals surface area contributed by atoms with Crippen molar-refractivity contribution in [1.29, 1.82) is 0 Å². The fourth-order valence-electron chi connectivity index (χ4n) is 3.51. The summed E-state index contributed by atoms with van der Waals surface area (Å²) in [5.41, 5.74) is 0.447. The molecule has 0 spiro atoms. The van der Waals surface area contributed by atoms with Crippen molar-refractivity contribution in [3.63, 3.8) is 0 Å². The fourth-order valence-corrected chi connectivity index (χ4v) is 5.17. The summed E-state index contributed by atoms with van der Waals surface area (Å²) in [6, 6.07) is 4.08. The highest BCUT2D eigenvalue weighted by Crippen LogP contribution is 2.23. The van der Waals surface area contributed by atoms with Crippen LogP contribution in [0.25, 0.3) is 0 Å². The molecule has 0 radical (unpaired) electrons. The molecule has 2 aliphatic heterocycles. The quantitative estimate of drug-likeness (QED) is 0.798. The zero-order chi connectivity index (χ0) is 18.6. The van der Waals surface area contributed by atoms with Gasteiger partial charge in [-0.3, -0.25) is 4.90 Å². The Bertz CT molecular complexity index is 702. The molecule has 8 heteroatoms. The van der Waals surface area contributed by atoms with Gasteiger partial charge in [-0.05, 0) is 44.0 Å². The molecule has 1 atom stereocenters. The molecule has 1 aromatic rings. The minimum Gasteiger partial charge on any atom is -0.379 e. The molecule has 2 heterocycles. The van der Waals surface area contributed by atoms with Gasteiger partial charge in [-0.25, -0.2) is 12.8 Å². The van der Waals surface area contributed by atoms with Gasteiger partial charge >= 0.3 is 0 Å². The third-order valence-electron chi connectivity index (χ3n) is 5.17. The Hall–Kier alpha value is -1.06. The predicted octanol–water partition coefficient (Wildman–Crippen LogP) is 1.21. The van der Waals surface area contributed by atoms with E-state index in [1.165, 1.54) is 12.1 Å². The van der Waals surface area contributed by atoms with E-state index in [9.17, 15) is 12.8 Å². The van der Waals surface area contributed by atoms with Crippen molar-refractivity contribution in [3.05, 3.63) is 29.6 Å². The van der Waals surface area contributed by atoms with Crippen molar-refractivity contribution in [2.75, 3.05) is 52.5 Å². The number of hydrogen-bond donors (Lipinski definition) is 1. The highest BCUT2D eigenvalue weighted by molar-refractivity contribution is 7.89. The molecule has 3 rings (SSSR count). The molecule has 1 aromatic carbocycles. The van der Waals surface area contributed by atoms with Gasteiger partial charge in [-0.2, -0.15) is 4.31 Å². The Morgan fingerprint density at radius 1 is 1.35 bits per heavy atom. The highest BCUT2D eigenvalue weighted by Gasteiger charge is 2.33. The second kappa shape index (κ2) is 8.75. The third kappa shape index (κ3) is 4.61. The standard InChI is InChI=1S/C18H28FN3O3S/c1-15-4-5-17(13-18(15)19)26(23,24)22(16-3-2-6-20-14-16)8-7-21-9-11-25-12-10-21/h4-5,13,16,20H,2-3,6-12,14H2,1H3. The number of nitrogens with one attached hydrogen (secondary N) is 1. The van der Waals surface area contributed by atoms with Crippen LogP contribution in [0.15, 0.2) is 23.1 Å². The molecule has 146 valence electrons. The Balaban J connectivity index is 1.81. The second-order valence-electron chi connectivity index (χ2n) is 6.98. The lowest BCUT2D eigenvalue weighted by atomic mass is 10.1. The van der Waals surface area contributed by atoms with Gasteiger partial charge in [-0.1, -0.05) is 6.07 Å². The normalized spacial score (nSPS) is 22.7. The third-order valence-corrected chi connectivity index (χ3v) is 7.12. The van der Waals surface area contributed by atoms with Gasteiger partial charge in [0.15, 0.2) is 0 Å². The number of benzene rings is 1. The maximum Gasteiger partial charge on any atom is 0.243 e. The number of rotatable bonds is 6. The van der Waals surface area contributed by atoms with Gasteiger partial charge in [-0.15, -0.1) is 0 Å². The van der Waals surface area contributed by atoms with E-state index in [0.29, 0.717) is 38.4 Å². The molecule has 0 aliphatic carbocycles. The van der Waals surface area contributed by atoms with E-state index >= 15 is 0 Å². The molecule has 6 nitrogen and oxygen atoms in total. The molecule has 0 bridgehead atoms. The SMILES string of the molecule is Cc1ccc(S(=O)(=O)N(CCN2CCOCC2)C2CCCNC2)cc1F. The van der Waals surface area contributed by atoms with Crippen molar-refractivity contribution < 1.29 is 17.5 Å². The number of sulfonamides is 1. The van der Waals surface area contributed by atoms with Crippen molar-refractivity contribution in [1.82, 2.24) is 14.5 Å². The maximum atomic E-state index is 14.0. The summed E-state index contributed by atoms with van der Waals surface area (Å²) in [6.45, 7) is 7.24. The Morgan fingerprint density at radius 2 is 2.12 bits per heavy atom. The molecule has 0 amide bonds. The first kappa shape index (κ1) is 19.7. The zero-order valence-corrected chi connectivity index (χ0v) is 16.1. The van der Waals surface area contributed by atoms with E-state index in [-0.39, 0.29) is 10.9 Å². The summed E-state index contributed by atoms with van der Waals surface area (Å²) in [6.07, 6.45) is 1.76. The Morgan fingerprint density at radius 3 is 2.77 bits per heavy atom. The number of halogens is 1. The van der Waals surface area contributed by atoms with Gasteiger partial charge in [0.05, 0.1) is 18.1 Å². The molecule has 2 aliphatic rings. The van der Waals surface area contributed by atoms with Gasteiger partial charge in [0.1, 0.15) is 5.82 Å². The second-order valence-corrected chi connectivity index (χ2v) is 8.87. The first-order chi connectivity index (χ1) is 12.5. The van der Waals surface area contributed by atoms with E-state index in [1.807, 2.05) is 0 Å². The number of piperidine rings is 1. The van der Waals surface area contributed by atoms with Crippen LogP contribution in [0.1, 0.15) is 18.4 Å². The van der Waals surface area contributed by atoms with Crippen LogP contribution in [0.5, 0.6) is 0 Å². The van der Waals surface area contributed by atoms with Gasteiger partial charge < -0.3 is 10.1 Å². The van der Waals surface area contributed by atoms with Crippen molar-refractivity contribution >= 4 is 10.0 Å². The Labute approximate surface area is 155 Å². The van der Waals surface area contributed by atoms with Crippen LogP contribution in [0.2, 0.25) is 0 Å². The number of ether oxygens (including phenoxy) is 1. The lowest BCUT2D eigenvalue weighted by Crippen LogP contribution is -2.51. The maximum absolute atomic E-state index is 14.0. The molecule has 26 heavy (non-hydrogen) atoms. The summed E-state index contributed by atoms with van der Waals surface area (Å²) in [5.74, 6) is -0.485. The largest absolute Gasteiger partial charge is 0.379 e. The lowest BCUT2D eigenvalue weighted by Gasteiger charge is -2.36. The van der Waals surface area contributed by atoms with Crippen molar-refractivity contribution in [3.8, 4) is 0 Å². The van der Waals surface area contributed by atoms with Gasteiger partial charge in [0.25, 0.3) is 0 Å². The van der Waals surface area contributed by atoms with Crippen LogP contribution in [-0.2, 0) is 14.8 Å². The number of aryl methyl sites for hydroxylation is 1. The van der Waals surface area contributed by atoms with Crippen LogP contribution >= 0.6 is 0 Å². The van der Waals surface area contributed by atoms with E-state index in [4.69, 9.17) is 4.74 Å². The van der Waals surface area contributed by atoms with Crippen molar-refractivity contribution in [2.24, 2.45) is 0 Å². The van der Waals surface area contributed by atoms with Crippen LogP contribution in [0.3, 0.4) is 0 Å². The molecule has 2 saturated heterocycles. The van der Waals surface area contributed by atoms with Gasteiger partial charge in [0.2, 0.25) is 10.0 Å². The van der Waals surface area contributed by atoms with E-state index in [2.05, 4.69) is 10.2 Å².